The van der Waals surface area contributed by atoms with E-state index in [4.69, 9.17) is 0 Å². The zero-order valence-corrected chi connectivity index (χ0v) is 16.6. The van der Waals surface area contributed by atoms with Crippen molar-refractivity contribution in [1.82, 2.24) is 15.3 Å². The fourth-order valence-corrected chi connectivity index (χ4v) is 4.44. The lowest BCUT2D eigenvalue weighted by molar-refractivity contribution is -0.152. The third kappa shape index (κ3) is 4.14. The minimum Gasteiger partial charge on any atom is -0.459 e. The number of H-pyrrole nitrogens is 1. The van der Waals surface area contributed by atoms with Gasteiger partial charge in [-0.1, -0.05) is 18.2 Å². The molecule has 0 saturated heterocycles. The maximum atomic E-state index is 12.6. The van der Waals surface area contributed by atoms with Gasteiger partial charge in [-0.2, -0.15) is 0 Å². The molecule has 0 bridgehead atoms. The Kier molecular flexibility index (Phi) is 5.30. The van der Waals surface area contributed by atoms with Gasteiger partial charge in [-0.05, 0) is 31.9 Å². The predicted octanol–water partition coefficient (Wildman–Crippen LogP) is 2.41. The van der Waals surface area contributed by atoms with Crippen molar-refractivity contribution in [3.63, 3.8) is 0 Å². The van der Waals surface area contributed by atoms with Crippen LogP contribution in [0.3, 0.4) is 0 Å². The van der Waals surface area contributed by atoms with Gasteiger partial charge in [-0.25, -0.2) is 9.78 Å². The monoisotopic (exact) mass is 412 g/mol. The van der Waals surface area contributed by atoms with Crippen LogP contribution in [-0.4, -0.2) is 40.4 Å². The van der Waals surface area contributed by atoms with Gasteiger partial charge in [-0.15, -0.1) is 11.3 Å². The maximum absolute atomic E-state index is 12.6. The van der Waals surface area contributed by atoms with E-state index >= 15 is 0 Å². The Bertz CT molecular complexity index is 1050. The standard InChI is InChI=1S/C20H20N4O4S/c1-2-28-19(27)18(26)24-20-23-14-8-7-12(10-16(14)29-20)21-17(25)15-9-11-5-3-4-6-13(11)22-15/h3-6,9,12,22H,2,7-8,10H2,1H3,(H,21,25)(H,23,24,26)/t12-/m0/s1. The third-order valence-electron chi connectivity index (χ3n) is 4.73. The molecule has 1 aromatic carbocycles. The lowest BCUT2D eigenvalue weighted by Crippen LogP contribution is -2.38. The largest absolute Gasteiger partial charge is 0.459 e. The second-order valence-electron chi connectivity index (χ2n) is 6.75. The number of esters is 1. The smallest absolute Gasteiger partial charge is 0.397 e. The average molecular weight is 412 g/mol. The number of nitrogens with zero attached hydrogens (tertiary/aromatic N) is 1. The van der Waals surface area contributed by atoms with Crippen molar-refractivity contribution in [2.24, 2.45) is 0 Å². The van der Waals surface area contributed by atoms with E-state index in [1.54, 1.807) is 6.92 Å². The molecule has 2 amide bonds. The summed E-state index contributed by atoms with van der Waals surface area (Å²) in [6.45, 7) is 1.77. The number of anilines is 1. The molecule has 3 aromatic rings. The van der Waals surface area contributed by atoms with E-state index < -0.39 is 11.9 Å². The topological polar surface area (TPSA) is 113 Å². The second kappa shape index (κ2) is 8.04. The number of nitrogens with one attached hydrogen (secondary N) is 3. The Balaban J connectivity index is 1.39. The Hall–Kier alpha value is -3.20. The van der Waals surface area contributed by atoms with Crippen molar-refractivity contribution in [3.05, 3.63) is 46.6 Å². The van der Waals surface area contributed by atoms with E-state index in [9.17, 15) is 14.4 Å². The molecule has 1 atom stereocenters. The summed E-state index contributed by atoms with van der Waals surface area (Å²) in [6, 6.07) is 9.57. The van der Waals surface area contributed by atoms with E-state index in [1.807, 2.05) is 30.3 Å². The zero-order chi connectivity index (χ0) is 20.4. The van der Waals surface area contributed by atoms with Gasteiger partial charge in [0.1, 0.15) is 5.69 Å². The van der Waals surface area contributed by atoms with E-state index in [2.05, 4.69) is 25.3 Å². The van der Waals surface area contributed by atoms with Gasteiger partial charge >= 0.3 is 11.9 Å². The van der Waals surface area contributed by atoms with Crippen molar-refractivity contribution in [1.29, 1.82) is 0 Å². The molecule has 2 heterocycles. The lowest BCUT2D eigenvalue weighted by atomic mass is 9.97. The first-order chi connectivity index (χ1) is 14.0. The van der Waals surface area contributed by atoms with Crippen molar-refractivity contribution in [2.75, 3.05) is 11.9 Å². The van der Waals surface area contributed by atoms with Crippen LogP contribution in [0.2, 0.25) is 0 Å². The molecule has 0 fully saturated rings. The molecule has 2 aromatic heterocycles. The molecular formula is C20H20N4O4S. The third-order valence-corrected chi connectivity index (χ3v) is 5.77. The van der Waals surface area contributed by atoms with Crippen LogP contribution in [0.15, 0.2) is 30.3 Å². The first-order valence-electron chi connectivity index (χ1n) is 9.38. The van der Waals surface area contributed by atoms with Crippen LogP contribution in [0.4, 0.5) is 5.13 Å². The molecule has 0 saturated carbocycles. The van der Waals surface area contributed by atoms with Crippen LogP contribution in [0.25, 0.3) is 10.9 Å². The number of ether oxygens (including phenoxy) is 1. The number of carbonyl (C=O) groups is 3. The molecule has 4 rings (SSSR count). The fourth-order valence-electron chi connectivity index (χ4n) is 3.36. The Morgan fingerprint density at radius 2 is 2.14 bits per heavy atom. The van der Waals surface area contributed by atoms with Gasteiger partial charge in [0.05, 0.1) is 12.3 Å². The van der Waals surface area contributed by atoms with Gasteiger partial charge in [0.15, 0.2) is 5.13 Å². The van der Waals surface area contributed by atoms with Crippen LogP contribution < -0.4 is 10.6 Å². The molecule has 0 unspecified atom stereocenters. The van der Waals surface area contributed by atoms with Gasteiger partial charge in [0.25, 0.3) is 5.91 Å². The highest BCUT2D eigenvalue weighted by Crippen LogP contribution is 2.30. The van der Waals surface area contributed by atoms with Crippen LogP contribution in [0, 0.1) is 0 Å². The summed E-state index contributed by atoms with van der Waals surface area (Å²) in [5, 5.41) is 6.92. The first kappa shape index (κ1) is 19.1. The fraction of sp³-hybridized carbons (Fsp3) is 0.300. The van der Waals surface area contributed by atoms with Crippen molar-refractivity contribution in [3.8, 4) is 0 Å². The lowest BCUT2D eigenvalue weighted by Gasteiger charge is -2.22. The number of fused-ring (bicyclic) bond motifs is 2. The predicted molar refractivity (Wildman–Crippen MR) is 109 cm³/mol. The number of aromatic amines is 1. The molecule has 8 nitrogen and oxygen atoms in total. The van der Waals surface area contributed by atoms with Gasteiger partial charge < -0.3 is 15.0 Å². The summed E-state index contributed by atoms with van der Waals surface area (Å²) in [7, 11) is 0. The van der Waals surface area contributed by atoms with E-state index in [0.717, 1.165) is 27.9 Å². The van der Waals surface area contributed by atoms with Crippen LogP contribution in [0.1, 0.15) is 34.4 Å². The van der Waals surface area contributed by atoms with Crippen molar-refractivity contribution < 1.29 is 19.1 Å². The summed E-state index contributed by atoms with van der Waals surface area (Å²) >= 11 is 1.32. The number of para-hydroxylation sites is 1. The van der Waals surface area contributed by atoms with E-state index in [0.29, 0.717) is 23.7 Å². The molecule has 0 aliphatic heterocycles. The number of amides is 2. The first-order valence-corrected chi connectivity index (χ1v) is 10.2. The SMILES string of the molecule is CCOC(=O)C(=O)Nc1nc2c(s1)C[C@@H](NC(=O)c1cc3ccccc3[nH]1)CC2. The normalized spacial score (nSPS) is 15.6. The summed E-state index contributed by atoms with van der Waals surface area (Å²) in [4.78, 5) is 44.4. The van der Waals surface area contributed by atoms with Crippen molar-refractivity contribution >= 4 is 45.2 Å². The molecule has 1 aliphatic carbocycles. The molecule has 3 N–H and O–H groups in total. The highest BCUT2D eigenvalue weighted by atomic mass is 32.1. The Morgan fingerprint density at radius 3 is 2.93 bits per heavy atom. The number of aryl methyl sites for hydroxylation is 1. The van der Waals surface area contributed by atoms with Crippen molar-refractivity contribution in [2.45, 2.75) is 32.2 Å². The molecule has 0 spiro atoms. The van der Waals surface area contributed by atoms with E-state index in [-0.39, 0.29) is 18.6 Å². The van der Waals surface area contributed by atoms with Gasteiger partial charge in [-0.3, -0.25) is 14.9 Å². The molecule has 150 valence electrons. The number of benzene rings is 1. The minimum absolute atomic E-state index is 0.0181. The summed E-state index contributed by atoms with van der Waals surface area (Å²) in [5.41, 5.74) is 2.35. The zero-order valence-electron chi connectivity index (χ0n) is 15.8. The molecule has 0 radical (unpaired) electrons. The Morgan fingerprint density at radius 1 is 1.31 bits per heavy atom. The average Bonchev–Trinajstić information content (AvgIpc) is 3.31. The highest BCUT2D eigenvalue weighted by Gasteiger charge is 2.26. The highest BCUT2D eigenvalue weighted by molar-refractivity contribution is 7.16. The number of rotatable bonds is 4. The minimum atomic E-state index is -0.927. The summed E-state index contributed by atoms with van der Waals surface area (Å²) in [6.07, 6.45) is 2.08. The van der Waals surface area contributed by atoms with Crippen LogP contribution >= 0.6 is 11.3 Å². The number of aromatic nitrogens is 2. The summed E-state index contributed by atoms with van der Waals surface area (Å²) < 4.78 is 4.68. The van der Waals surface area contributed by atoms with Crippen LogP contribution in [0.5, 0.6) is 0 Å². The van der Waals surface area contributed by atoms with Gasteiger partial charge in [0, 0.05) is 28.2 Å². The maximum Gasteiger partial charge on any atom is 0.397 e. The Labute approximate surface area is 170 Å². The number of hydrogen-bond donors (Lipinski definition) is 3. The second-order valence-corrected chi connectivity index (χ2v) is 7.83. The quantitative estimate of drug-likeness (QED) is 0.450. The summed E-state index contributed by atoms with van der Waals surface area (Å²) in [5.74, 6) is -1.90. The molecule has 29 heavy (non-hydrogen) atoms. The number of carbonyl (C=O) groups excluding carboxylic acids is 3. The molecular weight excluding hydrogens is 392 g/mol. The number of thiazole rings is 1. The van der Waals surface area contributed by atoms with E-state index in [1.165, 1.54) is 11.3 Å². The van der Waals surface area contributed by atoms with Crippen LogP contribution in [-0.2, 0) is 27.2 Å². The van der Waals surface area contributed by atoms with Gasteiger partial charge in [0.2, 0.25) is 0 Å². The molecule has 1 aliphatic rings. The molecule has 9 heteroatoms. The number of hydrogen-bond acceptors (Lipinski definition) is 6.